The van der Waals surface area contributed by atoms with Crippen LogP contribution in [0.5, 0.6) is 0 Å². The van der Waals surface area contributed by atoms with Crippen molar-refractivity contribution < 1.29 is 9.59 Å². The smallest absolute Gasteiger partial charge is 0.253 e. The van der Waals surface area contributed by atoms with Gasteiger partial charge in [0.2, 0.25) is 5.91 Å². The topological polar surface area (TPSA) is 88.9 Å². The lowest BCUT2D eigenvalue weighted by atomic mass is 10.1. The molecule has 0 aliphatic carbocycles. The number of amides is 2. The Morgan fingerprint density at radius 3 is 2.59 bits per heavy atom. The second-order valence-corrected chi connectivity index (χ2v) is 8.33. The van der Waals surface area contributed by atoms with Crippen LogP contribution in [0.4, 0.5) is 5.69 Å². The van der Waals surface area contributed by atoms with E-state index in [9.17, 15) is 9.59 Å². The standard InChI is InChI=1S/C23H20ClN5O2S/c1-29-20(13-25-22(31)17-10-4-5-11-18(17)24)27-28-23(29)32-14-21(30)26-19-12-6-8-15-7-2-3-9-16(15)19/h2-12H,13-14H2,1H3,(H,25,31)(H,26,30). The molecule has 9 heteroatoms. The van der Waals surface area contributed by atoms with Gasteiger partial charge >= 0.3 is 0 Å². The van der Waals surface area contributed by atoms with Crippen molar-refractivity contribution in [3.63, 3.8) is 0 Å². The van der Waals surface area contributed by atoms with Gasteiger partial charge in [-0.1, -0.05) is 71.9 Å². The quantitative estimate of drug-likeness (QED) is 0.397. The molecule has 0 aliphatic rings. The van der Waals surface area contributed by atoms with Crippen LogP contribution >= 0.6 is 23.4 Å². The van der Waals surface area contributed by atoms with Crippen LogP contribution in [-0.4, -0.2) is 32.3 Å². The van der Waals surface area contributed by atoms with Gasteiger partial charge in [0, 0.05) is 18.1 Å². The van der Waals surface area contributed by atoms with Crippen LogP contribution in [0, 0.1) is 0 Å². The van der Waals surface area contributed by atoms with Crippen molar-refractivity contribution in [1.29, 1.82) is 0 Å². The Labute approximate surface area is 194 Å². The number of aromatic nitrogens is 3. The highest BCUT2D eigenvalue weighted by Gasteiger charge is 2.14. The highest BCUT2D eigenvalue weighted by atomic mass is 35.5. The van der Waals surface area contributed by atoms with Gasteiger partial charge in [-0.15, -0.1) is 10.2 Å². The largest absolute Gasteiger partial charge is 0.345 e. The first-order valence-corrected chi connectivity index (χ1v) is 11.2. The third kappa shape index (κ3) is 4.92. The summed E-state index contributed by atoms with van der Waals surface area (Å²) >= 11 is 7.34. The summed E-state index contributed by atoms with van der Waals surface area (Å²) in [6, 6.07) is 20.5. The summed E-state index contributed by atoms with van der Waals surface area (Å²) in [6.45, 7) is 0.191. The maximum Gasteiger partial charge on any atom is 0.253 e. The maximum absolute atomic E-state index is 12.5. The number of anilines is 1. The van der Waals surface area contributed by atoms with E-state index < -0.39 is 0 Å². The second kappa shape index (κ2) is 9.84. The van der Waals surface area contributed by atoms with E-state index in [2.05, 4.69) is 20.8 Å². The van der Waals surface area contributed by atoms with Crippen LogP contribution in [0.25, 0.3) is 10.8 Å². The van der Waals surface area contributed by atoms with Gasteiger partial charge in [0.25, 0.3) is 5.91 Å². The third-order valence-electron chi connectivity index (χ3n) is 4.85. The van der Waals surface area contributed by atoms with Crippen LogP contribution in [0.1, 0.15) is 16.2 Å². The van der Waals surface area contributed by atoms with Gasteiger partial charge in [-0.2, -0.15) is 0 Å². The summed E-state index contributed by atoms with van der Waals surface area (Å²) in [5.74, 6) is 0.328. The van der Waals surface area contributed by atoms with Gasteiger partial charge in [0.05, 0.1) is 22.9 Å². The number of thioether (sulfide) groups is 1. The molecule has 2 N–H and O–H groups in total. The number of carbonyl (C=O) groups excluding carboxylic acids is 2. The molecule has 0 bridgehead atoms. The lowest BCUT2D eigenvalue weighted by molar-refractivity contribution is -0.113. The zero-order valence-electron chi connectivity index (χ0n) is 17.2. The van der Waals surface area contributed by atoms with Crippen molar-refractivity contribution in [2.75, 3.05) is 11.1 Å². The summed E-state index contributed by atoms with van der Waals surface area (Å²) in [6.07, 6.45) is 0. The predicted molar refractivity (Wildman–Crippen MR) is 127 cm³/mol. The van der Waals surface area contributed by atoms with Crippen molar-refractivity contribution >= 4 is 51.6 Å². The lowest BCUT2D eigenvalue weighted by Gasteiger charge is -2.09. The van der Waals surface area contributed by atoms with Crippen molar-refractivity contribution in [3.05, 3.63) is 83.1 Å². The summed E-state index contributed by atoms with van der Waals surface area (Å²) in [5, 5.41) is 17.0. The monoisotopic (exact) mass is 465 g/mol. The Morgan fingerprint density at radius 2 is 1.75 bits per heavy atom. The van der Waals surface area contributed by atoms with E-state index in [1.165, 1.54) is 11.8 Å². The van der Waals surface area contributed by atoms with Crippen molar-refractivity contribution in [3.8, 4) is 0 Å². The minimum absolute atomic E-state index is 0.136. The molecule has 0 aliphatic heterocycles. The summed E-state index contributed by atoms with van der Waals surface area (Å²) < 4.78 is 1.75. The number of benzene rings is 3. The van der Waals surface area contributed by atoms with Crippen LogP contribution in [0.2, 0.25) is 5.02 Å². The molecule has 32 heavy (non-hydrogen) atoms. The van der Waals surface area contributed by atoms with Crippen LogP contribution in [-0.2, 0) is 18.4 Å². The van der Waals surface area contributed by atoms with E-state index in [0.717, 1.165) is 16.5 Å². The number of carbonyl (C=O) groups is 2. The van der Waals surface area contributed by atoms with Crippen molar-refractivity contribution in [1.82, 2.24) is 20.1 Å². The fourth-order valence-corrected chi connectivity index (χ4v) is 4.13. The zero-order valence-corrected chi connectivity index (χ0v) is 18.8. The maximum atomic E-state index is 12.5. The molecule has 0 atom stereocenters. The molecule has 4 aromatic rings. The first-order chi connectivity index (χ1) is 15.5. The molecule has 4 rings (SSSR count). The zero-order chi connectivity index (χ0) is 22.5. The van der Waals surface area contributed by atoms with Gasteiger partial charge in [-0.3, -0.25) is 9.59 Å². The number of hydrogen-bond acceptors (Lipinski definition) is 5. The van der Waals surface area contributed by atoms with E-state index in [1.807, 2.05) is 42.5 Å². The van der Waals surface area contributed by atoms with Crippen LogP contribution in [0.15, 0.2) is 71.9 Å². The molecule has 0 radical (unpaired) electrons. The fraction of sp³-hybridized carbons (Fsp3) is 0.130. The normalized spacial score (nSPS) is 10.8. The summed E-state index contributed by atoms with van der Waals surface area (Å²) in [4.78, 5) is 24.8. The molecule has 0 spiro atoms. The highest BCUT2D eigenvalue weighted by Crippen LogP contribution is 2.24. The number of rotatable bonds is 7. The van der Waals surface area contributed by atoms with Gasteiger partial charge in [0.1, 0.15) is 0 Å². The first kappa shape index (κ1) is 21.9. The molecular weight excluding hydrogens is 446 g/mol. The minimum atomic E-state index is -0.290. The Hall–Kier alpha value is -3.36. The second-order valence-electron chi connectivity index (χ2n) is 6.98. The molecule has 1 heterocycles. The van der Waals surface area contributed by atoms with Crippen LogP contribution in [0.3, 0.4) is 0 Å². The van der Waals surface area contributed by atoms with E-state index in [1.54, 1.807) is 35.9 Å². The van der Waals surface area contributed by atoms with Gasteiger partial charge < -0.3 is 15.2 Å². The third-order valence-corrected chi connectivity index (χ3v) is 6.20. The minimum Gasteiger partial charge on any atom is -0.345 e. The Morgan fingerprint density at radius 1 is 1.00 bits per heavy atom. The van der Waals surface area contributed by atoms with E-state index in [4.69, 9.17) is 11.6 Å². The molecule has 162 valence electrons. The number of hydrogen-bond donors (Lipinski definition) is 2. The van der Waals surface area contributed by atoms with E-state index >= 15 is 0 Å². The molecule has 7 nitrogen and oxygen atoms in total. The number of nitrogens with zero attached hydrogens (tertiary/aromatic N) is 3. The van der Waals surface area contributed by atoms with Gasteiger partial charge in [0.15, 0.2) is 11.0 Å². The van der Waals surface area contributed by atoms with E-state index in [-0.39, 0.29) is 24.1 Å². The fourth-order valence-electron chi connectivity index (χ4n) is 3.18. The van der Waals surface area contributed by atoms with Gasteiger partial charge in [-0.05, 0) is 23.6 Å². The molecular formula is C23H20ClN5O2S. The number of fused-ring (bicyclic) bond motifs is 1. The van der Waals surface area contributed by atoms with E-state index in [0.29, 0.717) is 21.6 Å². The average Bonchev–Trinajstić information content (AvgIpc) is 3.16. The van der Waals surface area contributed by atoms with Crippen molar-refractivity contribution in [2.24, 2.45) is 7.05 Å². The lowest BCUT2D eigenvalue weighted by Crippen LogP contribution is -2.24. The van der Waals surface area contributed by atoms with Gasteiger partial charge in [-0.25, -0.2) is 0 Å². The number of nitrogens with one attached hydrogen (secondary N) is 2. The molecule has 0 saturated heterocycles. The highest BCUT2D eigenvalue weighted by molar-refractivity contribution is 7.99. The van der Waals surface area contributed by atoms with Crippen molar-refractivity contribution in [2.45, 2.75) is 11.7 Å². The Balaban J connectivity index is 1.34. The SMILES string of the molecule is Cn1c(CNC(=O)c2ccccc2Cl)nnc1SCC(=O)Nc1cccc2ccccc12. The molecule has 0 fully saturated rings. The molecule has 0 saturated carbocycles. The molecule has 3 aromatic carbocycles. The summed E-state index contributed by atoms with van der Waals surface area (Å²) in [7, 11) is 1.79. The molecule has 2 amide bonds. The first-order valence-electron chi connectivity index (χ1n) is 9.84. The average molecular weight is 466 g/mol. The number of halogens is 1. The summed E-state index contributed by atoms with van der Waals surface area (Å²) in [5.41, 5.74) is 1.17. The van der Waals surface area contributed by atoms with Crippen LogP contribution < -0.4 is 10.6 Å². The Bertz CT molecular complexity index is 1290. The Kier molecular flexibility index (Phi) is 6.72. The molecule has 1 aromatic heterocycles. The predicted octanol–water partition coefficient (Wildman–Crippen LogP) is 4.28. The molecule has 0 unspecified atom stereocenters.